The number of hydrogen-bond donors (Lipinski definition) is 0. The molecule has 82 valence electrons. The van der Waals surface area contributed by atoms with E-state index in [1.54, 1.807) is 0 Å². The molecule has 0 unspecified atom stereocenters. The topological polar surface area (TPSA) is 18.5 Å². The minimum atomic E-state index is 0.157. The van der Waals surface area contributed by atoms with E-state index >= 15 is 0 Å². The van der Waals surface area contributed by atoms with Gasteiger partial charge < -0.3 is 9.47 Å². The molecule has 2 nitrogen and oxygen atoms in total. The first-order chi connectivity index (χ1) is 7.07. The van der Waals surface area contributed by atoms with E-state index in [9.17, 15) is 0 Å². The first-order valence-corrected chi connectivity index (χ1v) is 5.47. The highest BCUT2D eigenvalue weighted by Gasteiger charge is 2.17. The number of benzene rings is 1. The molecule has 1 aromatic rings. The Kier molecular flexibility index (Phi) is 2.59. The summed E-state index contributed by atoms with van der Waals surface area (Å²) in [6, 6.07) is 6.23. The van der Waals surface area contributed by atoms with Crippen LogP contribution in [-0.2, 0) is 5.41 Å². The number of hydrogen-bond acceptors (Lipinski definition) is 2. The Hall–Kier alpha value is -1.18. The van der Waals surface area contributed by atoms with Gasteiger partial charge in [-0.3, -0.25) is 0 Å². The normalized spacial score (nSPS) is 15.9. The van der Waals surface area contributed by atoms with Crippen LogP contribution in [0, 0.1) is 0 Å². The van der Waals surface area contributed by atoms with E-state index in [-0.39, 0.29) is 5.41 Å². The summed E-state index contributed by atoms with van der Waals surface area (Å²) >= 11 is 0. The quantitative estimate of drug-likeness (QED) is 0.649. The standard InChI is InChI=1S/C13H18O2/c1-13(2,3)10-5-6-11-12(9-10)15-8-4-7-14-11/h5-6,9H,4,7-8H2,1-3H3. The molecule has 0 bridgehead atoms. The van der Waals surface area contributed by atoms with E-state index in [1.165, 1.54) is 5.56 Å². The molecular formula is C13H18O2. The summed E-state index contributed by atoms with van der Waals surface area (Å²) in [6.07, 6.45) is 0.958. The van der Waals surface area contributed by atoms with Crippen LogP contribution >= 0.6 is 0 Å². The second kappa shape index (κ2) is 3.76. The molecule has 0 saturated heterocycles. The summed E-state index contributed by atoms with van der Waals surface area (Å²) in [5.41, 5.74) is 1.44. The van der Waals surface area contributed by atoms with Crippen LogP contribution in [0.2, 0.25) is 0 Å². The first kappa shape index (κ1) is 10.3. The molecule has 1 heterocycles. The third-order valence-corrected chi connectivity index (χ3v) is 2.61. The lowest BCUT2D eigenvalue weighted by Gasteiger charge is -2.20. The first-order valence-electron chi connectivity index (χ1n) is 5.47. The molecule has 0 aromatic heterocycles. The molecule has 0 spiro atoms. The Morgan fingerprint density at radius 3 is 2.33 bits per heavy atom. The van der Waals surface area contributed by atoms with E-state index in [0.717, 1.165) is 31.1 Å². The van der Waals surface area contributed by atoms with Gasteiger partial charge in [0.25, 0.3) is 0 Å². The fourth-order valence-corrected chi connectivity index (χ4v) is 1.63. The summed E-state index contributed by atoms with van der Waals surface area (Å²) in [4.78, 5) is 0. The predicted molar refractivity (Wildman–Crippen MR) is 60.7 cm³/mol. The van der Waals surface area contributed by atoms with Gasteiger partial charge in [-0.15, -0.1) is 0 Å². The highest BCUT2D eigenvalue weighted by atomic mass is 16.5. The van der Waals surface area contributed by atoms with Crippen molar-refractivity contribution in [1.82, 2.24) is 0 Å². The number of ether oxygens (including phenoxy) is 2. The lowest BCUT2D eigenvalue weighted by Crippen LogP contribution is -2.11. The van der Waals surface area contributed by atoms with Crippen LogP contribution in [0.15, 0.2) is 18.2 Å². The zero-order valence-electron chi connectivity index (χ0n) is 9.67. The second-order valence-electron chi connectivity index (χ2n) is 4.96. The van der Waals surface area contributed by atoms with E-state index in [4.69, 9.17) is 9.47 Å². The van der Waals surface area contributed by atoms with Crippen molar-refractivity contribution in [1.29, 1.82) is 0 Å². The average Bonchev–Trinajstić information content (AvgIpc) is 2.39. The van der Waals surface area contributed by atoms with Crippen LogP contribution in [0.5, 0.6) is 11.5 Å². The van der Waals surface area contributed by atoms with Gasteiger partial charge in [-0.2, -0.15) is 0 Å². The summed E-state index contributed by atoms with van der Waals surface area (Å²) in [5.74, 6) is 1.76. The van der Waals surface area contributed by atoms with Gasteiger partial charge >= 0.3 is 0 Å². The van der Waals surface area contributed by atoms with Gasteiger partial charge in [0.2, 0.25) is 0 Å². The molecule has 0 amide bonds. The van der Waals surface area contributed by atoms with Crippen LogP contribution in [-0.4, -0.2) is 13.2 Å². The molecule has 0 saturated carbocycles. The monoisotopic (exact) mass is 206 g/mol. The van der Waals surface area contributed by atoms with Gasteiger partial charge in [0.15, 0.2) is 11.5 Å². The third kappa shape index (κ3) is 2.25. The largest absolute Gasteiger partial charge is 0.490 e. The molecule has 1 aliphatic heterocycles. The van der Waals surface area contributed by atoms with Gasteiger partial charge in [0.1, 0.15) is 0 Å². The molecule has 2 heteroatoms. The molecule has 0 atom stereocenters. The summed E-state index contributed by atoms with van der Waals surface area (Å²) < 4.78 is 11.3. The van der Waals surface area contributed by atoms with Crippen LogP contribution < -0.4 is 9.47 Å². The van der Waals surface area contributed by atoms with Gasteiger partial charge in [-0.1, -0.05) is 26.8 Å². The Balaban J connectivity index is 2.36. The molecule has 0 fully saturated rings. The lowest BCUT2D eigenvalue weighted by atomic mass is 9.87. The molecule has 0 N–H and O–H groups in total. The average molecular weight is 206 g/mol. The summed E-state index contributed by atoms with van der Waals surface area (Å²) in [6.45, 7) is 8.10. The van der Waals surface area contributed by atoms with E-state index in [1.807, 2.05) is 6.07 Å². The van der Waals surface area contributed by atoms with Crippen molar-refractivity contribution in [2.75, 3.05) is 13.2 Å². The fourth-order valence-electron chi connectivity index (χ4n) is 1.63. The highest BCUT2D eigenvalue weighted by molar-refractivity contribution is 5.45. The van der Waals surface area contributed by atoms with Crippen LogP contribution in [0.4, 0.5) is 0 Å². The van der Waals surface area contributed by atoms with Crippen LogP contribution in [0.3, 0.4) is 0 Å². The van der Waals surface area contributed by atoms with Gasteiger partial charge in [-0.05, 0) is 23.1 Å². The minimum absolute atomic E-state index is 0.157. The zero-order chi connectivity index (χ0) is 10.9. The molecule has 1 aromatic carbocycles. The van der Waals surface area contributed by atoms with Crippen LogP contribution in [0.25, 0.3) is 0 Å². The van der Waals surface area contributed by atoms with Crippen molar-refractivity contribution in [3.63, 3.8) is 0 Å². The van der Waals surface area contributed by atoms with Crippen molar-refractivity contribution >= 4 is 0 Å². The lowest BCUT2D eigenvalue weighted by molar-refractivity contribution is 0.297. The summed E-state index contributed by atoms with van der Waals surface area (Å²) in [7, 11) is 0. The Morgan fingerprint density at radius 2 is 1.67 bits per heavy atom. The maximum atomic E-state index is 5.66. The molecule has 2 rings (SSSR count). The van der Waals surface area contributed by atoms with Gasteiger partial charge in [0, 0.05) is 6.42 Å². The molecule has 0 aliphatic carbocycles. The van der Waals surface area contributed by atoms with E-state index in [0.29, 0.717) is 0 Å². The maximum absolute atomic E-state index is 5.66. The molecule has 1 aliphatic rings. The van der Waals surface area contributed by atoms with Crippen LogP contribution in [0.1, 0.15) is 32.8 Å². The SMILES string of the molecule is CC(C)(C)c1ccc2c(c1)OCCCO2. The zero-order valence-corrected chi connectivity index (χ0v) is 9.67. The maximum Gasteiger partial charge on any atom is 0.161 e. The van der Waals surface area contributed by atoms with Crippen molar-refractivity contribution < 1.29 is 9.47 Å². The second-order valence-corrected chi connectivity index (χ2v) is 4.96. The van der Waals surface area contributed by atoms with Crippen molar-refractivity contribution in [3.8, 4) is 11.5 Å². The van der Waals surface area contributed by atoms with E-state index < -0.39 is 0 Å². The number of rotatable bonds is 0. The van der Waals surface area contributed by atoms with Gasteiger partial charge in [-0.25, -0.2) is 0 Å². The molecule has 15 heavy (non-hydrogen) atoms. The Labute approximate surface area is 91.2 Å². The Bertz CT molecular complexity index is 350. The smallest absolute Gasteiger partial charge is 0.161 e. The van der Waals surface area contributed by atoms with Crippen molar-refractivity contribution in [2.24, 2.45) is 0 Å². The minimum Gasteiger partial charge on any atom is -0.490 e. The number of fused-ring (bicyclic) bond motifs is 1. The van der Waals surface area contributed by atoms with Gasteiger partial charge in [0.05, 0.1) is 13.2 Å². The van der Waals surface area contributed by atoms with E-state index in [2.05, 4.69) is 32.9 Å². The fraction of sp³-hybridized carbons (Fsp3) is 0.538. The Morgan fingerprint density at radius 1 is 1.00 bits per heavy atom. The summed E-state index contributed by atoms with van der Waals surface area (Å²) in [5, 5.41) is 0. The molecule has 0 radical (unpaired) electrons. The van der Waals surface area contributed by atoms with Crippen molar-refractivity contribution in [3.05, 3.63) is 23.8 Å². The molecular weight excluding hydrogens is 188 g/mol. The van der Waals surface area contributed by atoms with Crippen molar-refractivity contribution in [2.45, 2.75) is 32.6 Å². The highest BCUT2D eigenvalue weighted by Crippen LogP contribution is 2.34. The predicted octanol–water partition coefficient (Wildman–Crippen LogP) is 3.15. The third-order valence-electron chi connectivity index (χ3n) is 2.61.